The van der Waals surface area contributed by atoms with Gasteiger partial charge in [0.1, 0.15) is 0 Å². The van der Waals surface area contributed by atoms with E-state index in [0.29, 0.717) is 12.1 Å². The Bertz CT molecular complexity index is 854. The third kappa shape index (κ3) is 3.57. The Labute approximate surface area is 163 Å². The molecule has 0 radical (unpaired) electrons. The van der Waals surface area contributed by atoms with Crippen LogP contribution in [0.3, 0.4) is 0 Å². The summed E-state index contributed by atoms with van der Waals surface area (Å²) in [7, 11) is 2.29. The van der Waals surface area contributed by atoms with E-state index in [1.807, 2.05) is 13.1 Å². The highest BCUT2D eigenvalue weighted by Crippen LogP contribution is 2.42. The van der Waals surface area contributed by atoms with Gasteiger partial charge in [0.15, 0.2) is 0 Å². The summed E-state index contributed by atoms with van der Waals surface area (Å²) in [6.45, 7) is 8.57. The molecule has 1 aromatic rings. The van der Waals surface area contributed by atoms with Crippen molar-refractivity contribution >= 4 is 6.08 Å². The van der Waals surface area contributed by atoms with Crippen molar-refractivity contribution in [3.63, 3.8) is 0 Å². The van der Waals surface area contributed by atoms with E-state index >= 15 is 0 Å². The number of fused-ring (bicyclic) bond motifs is 3. The molecule has 0 N–H and O–H groups in total. The summed E-state index contributed by atoms with van der Waals surface area (Å²) in [5.74, 6) is 0. The molecule has 0 saturated carbocycles. The largest absolute Gasteiger partial charge is 0.321 e. The molecular formula is C24H29N3. The van der Waals surface area contributed by atoms with Gasteiger partial charge in [-0.05, 0) is 69.5 Å². The van der Waals surface area contributed by atoms with Gasteiger partial charge in [0.2, 0.25) is 0 Å². The van der Waals surface area contributed by atoms with E-state index in [1.54, 1.807) is 5.57 Å². The fourth-order valence-electron chi connectivity index (χ4n) is 4.48. The van der Waals surface area contributed by atoms with Gasteiger partial charge in [-0.3, -0.25) is 9.88 Å². The molecule has 0 aliphatic carbocycles. The van der Waals surface area contributed by atoms with Crippen molar-refractivity contribution in [1.29, 1.82) is 0 Å². The molecule has 0 amide bonds. The van der Waals surface area contributed by atoms with Crippen LogP contribution in [0.2, 0.25) is 0 Å². The van der Waals surface area contributed by atoms with Gasteiger partial charge in [-0.2, -0.15) is 0 Å². The minimum absolute atomic E-state index is 0.561. The van der Waals surface area contributed by atoms with E-state index in [9.17, 15) is 0 Å². The molecule has 1 saturated heterocycles. The Morgan fingerprint density at radius 3 is 2.81 bits per heavy atom. The molecule has 2 bridgehead atoms. The lowest BCUT2D eigenvalue weighted by molar-refractivity contribution is 0.228. The number of aryl methyl sites for hydroxylation is 1. The normalized spacial score (nSPS) is 29.2. The molecule has 1 fully saturated rings. The maximum atomic E-state index is 4.41. The van der Waals surface area contributed by atoms with Gasteiger partial charge < -0.3 is 4.90 Å². The highest BCUT2D eigenvalue weighted by Gasteiger charge is 2.40. The molecule has 3 aliphatic heterocycles. The van der Waals surface area contributed by atoms with Crippen LogP contribution in [-0.2, 0) is 0 Å². The van der Waals surface area contributed by atoms with Crippen LogP contribution in [-0.4, -0.2) is 33.9 Å². The van der Waals surface area contributed by atoms with Crippen LogP contribution >= 0.6 is 0 Å². The van der Waals surface area contributed by atoms with Gasteiger partial charge >= 0.3 is 0 Å². The molecule has 0 spiro atoms. The van der Waals surface area contributed by atoms with Crippen LogP contribution in [0.15, 0.2) is 71.9 Å². The zero-order chi connectivity index (χ0) is 19.0. The second-order valence-corrected chi connectivity index (χ2v) is 7.98. The molecule has 140 valence electrons. The van der Waals surface area contributed by atoms with Crippen LogP contribution in [0.4, 0.5) is 0 Å². The van der Waals surface area contributed by atoms with Crippen molar-refractivity contribution in [2.75, 3.05) is 7.05 Å². The SMILES string of the molecule is C=C1/C=C\C(C)=C/CC2=C(CC3CCC2N3C)N1/C=C/c1ccc(C)nc1. The molecule has 4 rings (SSSR count). The average molecular weight is 360 g/mol. The van der Waals surface area contributed by atoms with Gasteiger partial charge in [0.05, 0.1) is 0 Å². The molecule has 2 unspecified atom stereocenters. The van der Waals surface area contributed by atoms with Crippen molar-refractivity contribution in [2.24, 2.45) is 0 Å². The van der Waals surface area contributed by atoms with E-state index in [-0.39, 0.29) is 0 Å². The first kappa shape index (κ1) is 18.0. The molecular weight excluding hydrogens is 330 g/mol. The summed E-state index contributed by atoms with van der Waals surface area (Å²) in [4.78, 5) is 9.31. The molecule has 1 aromatic heterocycles. The number of hydrogen-bond donors (Lipinski definition) is 0. The number of likely N-dealkylation sites (N-methyl/N-ethyl adjacent to an activating group) is 1. The molecule has 3 aliphatic rings. The lowest BCUT2D eigenvalue weighted by Crippen LogP contribution is -2.40. The molecule has 2 atom stereocenters. The van der Waals surface area contributed by atoms with Crippen molar-refractivity contribution in [1.82, 2.24) is 14.8 Å². The zero-order valence-electron chi connectivity index (χ0n) is 16.7. The van der Waals surface area contributed by atoms with Crippen LogP contribution in [0.25, 0.3) is 6.08 Å². The summed E-state index contributed by atoms with van der Waals surface area (Å²) >= 11 is 0. The minimum atomic E-state index is 0.561. The second-order valence-electron chi connectivity index (χ2n) is 7.98. The predicted octanol–water partition coefficient (Wildman–Crippen LogP) is 5.20. The first-order valence-corrected chi connectivity index (χ1v) is 9.90. The summed E-state index contributed by atoms with van der Waals surface area (Å²) in [5.41, 5.74) is 7.49. The third-order valence-corrected chi connectivity index (χ3v) is 6.18. The van der Waals surface area contributed by atoms with Gasteiger partial charge in [-0.25, -0.2) is 0 Å². The summed E-state index contributed by atoms with van der Waals surface area (Å²) < 4.78 is 0. The number of rotatable bonds is 2. The van der Waals surface area contributed by atoms with Gasteiger partial charge in [0, 0.05) is 48.0 Å². The second kappa shape index (κ2) is 7.32. The highest BCUT2D eigenvalue weighted by atomic mass is 15.2. The monoisotopic (exact) mass is 359 g/mol. The van der Waals surface area contributed by atoms with E-state index in [1.165, 1.54) is 24.1 Å². The molecule has 3 heteroatoms. The van der Waals surface area contributed by atoms with Crippen molar-refractivity contribution in [3.05, 3.63) is 83.1 Å². The van der Waals surface area contributed by atoms with E-state index < -0.39 is 0 Å². The quantitative estimate of drug-likeness (QED) is 0.723. The average Bonchev–Trinajstić information content (AvgIpc) is 2.92. The number of aromatic nitrogens is 1. The smallest absolute Gasteiger partial charge is 0.0380 e. The summed E-state index contributed by atoms with van der Waals surface area (Å²) in [6.07, 6.45) is 17.6. The number of allylic oxidation sites excluding steroid dienone is 4. The van der Waals surface area contributed by atoms with Gasteiger partial charge in [-0.15, -0.1) is 0 Å². The molecule has 4 heterocycles. The van der Waals surface area contributed by atoms with Crippen LogP contribution < -0.4 is 0 Å². The summed E-state index contributed by atoms with van der Waals surface area (Å²) in [6, 6.07) is 5.38. The van der Waals surface area contributed by atoms with Gasteiger partial charge in [0.25, 0.3) is 0 Å². The molecule has 27 heavy (non-hydrogen) atoms. The summed E-state index contributed by atoms with van der Waals surface area (Å²) in [5, 5.41) is 0. The zero-order valence-corrected chi connectivity index (χ0v) is 16.7. The van der Waals surface area contributed by atoms with E-state index in [0.717, 1.165) is 29.8 Å². The van der Waals surface area contributed by atoms with Crippen LogP contribution in [0, 0.1) is 6.92 Å². The van der Waals surface area contributed by atoms with Crippen molar-refractivity contribution in [3.8, 4) is 0 Å². The maximum Gasteiger partial charge on any atom is 0.0380 e. The third-order valence-electron chi connectivity index (χ3n) is 6.18. The Hall–Kier alpha value is -2.39. The van der Waals surface area contributed by atoms with Crippen LogP contribution in [0.5, 0.6) is 0 Å². The van der Waals surface area contributed by atoms with E-state index in [4.69, 9.17) is 0 Å². The maximum absolute atomic E-state index is 4.41. The van der Waals surface area contributed by atoms with Gasteiger partial charge in [-0.1, -0.05) is 30.4 Å². The fourth-order valence-corrected chi connectivity index (χ4v) is 4.48. The minimum Gasteiger partial charge on any atom is -0.321 e. The van der Waals surface area contributed by atoms with Crippen molar-refractivity contribution < 1.29 is 0 Å². The van der Waals surface area contributed by atoms with Crippen molar-refractivity contribution in [2.45, 2.75) is 51.6 Å². The Morgan fingerprint density at radius 2 is 2.04 bits per heavy atom. The lowest BCUT2D eigenvalue weighted by Gasteiger charge is -2.39. The Morgan fingerprint density at radius 1 is 1.19 bits per heavy atom. The van der Waals surface area contributed by atoms with Crippen LogP contribution in [0.1, 0.15) is 43.9 Å². The number of hydrogen-bond acceptors (Lipinski definition) is 3. The van der Waals surface area contributed by atoms with E-state index in [2.05, 4.69) is 78.0 Å². The number of nitrogens with zero attached hydrogens (tertiary/aromatic N) is 3. The first-order chi connectivity index (χ1) is 13.0. The Balaban J connectivity index is 1.74. The Kier molecular flexibility index (Phi) is 4.88. The predicted molar refractivity (Wildman–Crippen MR) is 113 cm³/mol. The lowest BCUT2D eigenvalue weighted by atomic mass is 9.94. The topological polar surface area (TPSA) is 19.4 Å². The standard InChI is InChI=1S/C24H29N3/c1-17-5-8-19(3)27(14-13-20-9-7-18(2)25-16-20)24-15-21-10-12-23(26(21)4)22(24)11-6-17/h5-9,13-14,16,21,23H,3,10-12,15H2,1-2,4H3/b8-5-,14-13+,17-6-. The highest BCUT2D eigenvalue weighted by molar-refractivity contribution is 5.50. The molecule has 3 nitrogen and oxygen atoms in total. The first-order valence-electron chi connectivity index (χ1n) is 9.90. The number of pyridine rings is 1. The fraction of sp³-hybridized carbons (Fsp3) is 0.375. The molecule has 0 aromatic carbocycles.